The lowest BCUT2D eigenvalue weighted by molar-refractivity contribution is 0.0947. The Morgan fingerprint density at radius 1 is 1.03 bits per heavy atom. The van der Waals surface area contributed by atoms with Crippen molar-refractivity contribution in [3.8, 4) is 11.5 Å². The molecule has 7 nitrogen and oxygen atoms in total. The second-order valence-electron chi connectivity index (χ2n) is 7.66. The standard InChI is InChI=1S/C25H27ClN2O5S/c1-18-8-13-21(16-22(18)26)28(34(3,30)31)17-19-9-11-20(12-10-19)25(29)27-14-15-33-24-7-5-4-6-23(24)32-2/h4-13,16H,14-15,17H2,1-3H3,(H,27,29). The number of nitrogens with zero attached hydrogens (tertiary/aromatic N) is 1. The van der Waals surface area contributed by atoms with Gasteiger partial charge in [-0.1, -0.05) is 41.9 Å². The Bertz CT molecular complexity index is 1250. The Balaban J connectivity index is 1.59. The Morgan fingerprint density at radius 3 is 2.32 bits per heavy atom. The summed E-state index contributed by atoms with van der Waals surface area (Å²) in [7, 11) is -1.97. The minimum atomic E-state index is -3.54. The highest BCUT2D eigenvalue weighted by molar-refractivity contribution is 7.92. The third-order valence-corrected chi connectivity index (χ3v) is 6.65. The highest BCUT2D eigenvalue weighted by Crippen LogP contribution is 2.27. The predicted octanol–water partition coefficient (Wildman–Crippen LogP) is 4.43. The van der Waals surface area contributed by atoms with Gasteiger partial charge in [0.15, 0.2) is 11.5 Å². The van der Waals surface area contributed by atoms with E-state index in [0.717, 1.165) is 17.4 Å². The number of carbonyl (C=O) groups is 1. The number of hydrogen-bond donors (Lipinski definition) is 1. The maximum absolute atomic E-state index is 12.5. The van der Waals surface area contributed by atoms with Crippen LogP contribution in [0.4, 0.5) is 5.69 Å². The maximum Gasteiger partial charge on any atom is 0.251 e. The first-order chi connectivity index (χ1) is 16.2. The quantitative estimate of drug-likeness (QED) is 0.414. The van der Waals surface area contributed by atoms with Gasteiger partial charge < -0.3 is 14.8 Å². The molecule has 3 aromatic carbocycles. The van der Waals surface area contributed by atoms with E-state index < -0.39 is 10.0 Å². The van der Waals surface area contributed by atoms with Gasteiger partial charge in [0.25, 0.3) is 5.91 Å². The molecule has 1 amide bonds. The van der Waals surface area contributed by atoms with Gasteiger partial charge in [-0.15, -0.1) is 0 Å². The van der Waals surface area contributed by atoms with Gasteiger partial charge in [0.1, 0.15) is 6.61 Å². The molecular formula is C25H27ClN2O5S. The second-order valence-corrected chi connectivity index (χ2v) is 9.97. The highest BCUT2D eigenvalue weighted by Gasteiger charge is 2.19. The smallest absolute Gasteiger partial charge is 0.251 e. The zero-order valence-electron chi connectivity index (χ0n) is 19.2. The second kappa shape index (κ2) is 11.3. The molecule has 0 unspecified atom stereocenters. The van der Waals surface area contributed by atoms with E-state index in [1.807, 2.05) is 19.1 Å². The van der Waals surface area contributed by atoms with Crippen LogP contribution in [0.2, 0.25) is 5.02 Å². The fourth-order valence-corrected chi connectivity index (χ4v) is 4.28. The molecule has 0 saturated carbocycles. The molecule has 0 aromatic heterocycles. The van der Waals surface area contributed by atoms with Crippen molar-refractivity contribution in [1.82, 2.24) is 5.32 Å². The summed E-state index contributed by atoms with van der Waals surface area (Å²) >= 11 is 6.19. The molecule has 0 saturated heterocycles. The maximum atomic E-state index is 12.5. The molecule has 0 fully saturated rings. The minimum absolute atomic E-state index is 0.118. The van der Waals surface area contributed by atoms with Crippen molar-refractivity contribution in [1.29, 1.82) is 0 Å². The molecule has 1 N–H and O–H groups in total. The van der Waals surface area contributed by atoms with Gasteiger partial charge in [0, 0.05) is 10.6 Å². The number of para-hydroxylation sites is 2. The van der Waals surface area contributed by atoms with E-state index in [4.69, 9.17) is 21.1 Å². The number of sulfonamides is 1. The Kier molecular flexibility index (Phi) is 8.41. The largest absolute Gasteiger partial charge is 0.493 e. The van der Waals surface area contributed by atoms with Crippen LogP contribution in [0.5, 0.6) is 11.5 Å². The first-order valence-corrected chi connectivity index (χ1v) is 12.8. The molecule has 3 aromatic rings. The number of benzene rings is 3. The number of ether oxygens (including phenoxy) is 2. The average Bonchev–Trinajstić information content (AvgIpc) is 2.82. The fraction of sp³-hybridized carbons (Fsp3) is 0.240. The predicted molar refractivity (Wildman–Crippen MR) is 134 cm³/mol. The van der Waals surface area contributed by atoms with E-state index in [9.17, 15) is 13.2 Å². The van der Waals surface area contributed by atoms with Crippen molar-refractivity contribution in [2.24, 2.45) is 0 Å². The molecule has 0 aliphatic rings. The number of aryl methyl sites for hydroxylation is 1. The molecule has 0 aliphatic heterocycles. The van der Waals surface area contributed by atoms with Crippen LogP contribution in [0.1, 0.15) is 21.5 Å². The van der Waals surface area contributed by atoms with Crippen LogP contribution in [-0.2, 0) is 16.6 Å². The fourth-order valence-electron chi connectivity index (χ4n) is 3.23. The summed E-state index contributed by atoms with van der Waals surface area (Å²) in [6.07, 6.45) is 1.15. The van der Waals surface area contributed by atoms with Crippen molar-refractivity contribution < 1.29 is 22.7 Å². The number of carbonyl (C=O) groups excluding carboxylic acids is 1. The summed E-state index contributed by atoms with van der Waals surface area (Å²) in [5.41, 5.74) is 2.54. The molecule has 0 heterocycles. The molecule has 0 spiro atoms. The minimum Gasteiger partial charge on any atom is -0.493 e. The topological polar surface area (TPSA) is 84.9 Å². The highest BCUT2D eigenvalue weighted by atomic mass is 35.5. The van der Waals surface area contributed by atoms with Crippen LogP contribution >= 0.6 is 11.6 Å². The SMILES string of the molecule is COc1ccccc1OCCNC(=O)c1ccc(CN(c2ccc(C)c(Cl)c2)S(C)(=O)=O)cc1. The van der Waals surface area contributed by atoms with E-state index in [0.29, 0.717) is 34.3 Å². The number of halogens is 1. The zero-order valence-corrected chi connectivity index (χ0v) is 20.8. The molecule has 0 aliphatic carbocycles. The lowest BCUT2D eigenvalue weighted by Crippen LogP contribution is -2.29. The van der Waals surface area contributed by atoms with E-state index in [1.54, 1.807) is 61.7 Å². The van der Waals surface area contributed by atoms with Crippen LogP contribution in [0, 0.1) is 6.92 Å². The van der Waals surface area contributed by atoms with Crippen molar-refractivity contribution >= 4 is 33.2 Å². The Morgan fingerprint density at radius 2 is 1.71 bits per heavy atom. The number of methoxy groups -OCH3 is 1. The van der Waals surface area contributed by atoms with Crippen molar-refractivity contribution in [2.75, 3.05) is 30.8 Å². The number of anilines is 1. The van der Waals surface area contributed by atoms with Crippen LogP contribution in [-0.4, -0.2) is 40.8 Å². The Labute approximate surface area is 205 Å². The van der Waals surface area contributed by atoms with E-state index in [2.05, 4.69) is 5.32 Å². The summed E-state index contributed by atoms with van der Waals surface area (Å²) in [6.45, 7) is 2.57. The average molecular weight is 503 g/mol. The summed E-state index contributed by atoms with van der Waals surface area (Å²) in [5, 5.41) is 3.30. The first-order valence-electron chi connectivity index (χ1n) is 10.6. The summed E-state index contributed by atoms with van der Waals surface area (Å²) < 4.78 is 37.0. The Hall–Kier alpha value is -3.23. The molecule has 9 heteroatoms. The monoisotopic (exact) mass is 502 g/mol. The lowest BCUT2D eigenvalue weighted by atomic mass is 10.1. The molecule has 0 radical (unpaired) electrons. The summed E-state index contributed by atoms with van der Waals surface area (Å²) in [6, 6.07) is 19.2. The van der Waals surface area contributed by atoms with Gasteiger partial charge >= 0.3 is 0 Å². The van der Waals surface area contributed by atoms with Crippen molar-refractivity contribution in [2.45, 2.75) is 13.5 Å². The number of nitrogens with one attached hydrogen (secondary N) is 1. The van der Waals surface area contributed by atoms with Gasteiger partial charge in [0.05, 0.1) is 32.1 Å². The van der Waals surface area contributed by atoms with Gasteiger partial charge in [-0.05, 0) is 54.4 Å². The molecule has 34 heavy (non-hydrogen) atoms. The van der Waals surface area contributed by atoms with Crippen molar-refractivity contribution in [3.05, 3.63) is 88.4 Å². The summed E-state index contributed by atoms with van der Waals surface area (Å²) in [4.78, 5) is 12.5. The van der Waals surface area contributed by atoms with Gasteiger partial charge in [0.2, 0.25) is 10.0 Å². The first kappa shape index (κ1) is 25.4. The van der Waals surface area contributed by atoms with Crippen LogP contribution in [0.15, 0.2) is 66.7 Å². The normalized spacial score (nSPS) is 11.1. The van der Waals surface area contributed by atoms with E-state index in [1.165, 1.54) is 4.31 Å². The summed E-state index contributed by atoms with van der Waals surface area (Å²) in [5.74, 6) is 0.981. The van der Waals surface area contributed by atoms with E-state index in [-0.39, 0.29) is 19.1 Å². The number of amides is 1. The number of rotatable bonds is 10. The third-order valence-electron chi connectivity index (χ3n) is 5.10. The molecule has 0 bridgehead atoms. The van der Waals surface area contributed by atoms with E-state index >= 15 is 0 Å². The van der Waals surface area contributed by atoms with Gasteiger partial charge in [-0.2, -0.15) is 0 Å². The molecular weight excluding hydrogens is 476 g/mol. The third kappa shape index (κ3) is 6.65. The van der Waals surface area contributed by atoms with Crippen LogP contribution < -0.4 is 19.1 Å². The van der Waals surface area contributed by atoms with Crippen LogP contribution in [0.25, 0.3) is 0 Å². The van der Waals surface area contributed by atoms with Crippen molar-refractivity contribution in [3.63, 3.8) is 0 Å². The zero-order chi connectivity index (χ0) is 24.7. The molecule has 180 valence electrons. The molecule has 0 atom stereocenters. The number of hydrogen-bond acceptors (Lipinski definition) is 5. The van der Waals surface area contributed by atoms with Gasteiger partial charge in [-0.3, -0.25) is 9.10 Å². The van der Waals surface area contributed by atoms with Gasteiger partial charge in [-0.25, -0.2) is 8.42 Å². The molecule has 3 rings (SSSR count). The lowest BCUT2D eigenvalue weighted by Gasteiger charge is -2.23. The van der Waals surface area contributed by atoms with Crippen LogP contribution in [0.3, 0.4) is 0 Å².